The van der Waals surface area contributed by atoms with Crippen molar-refractivity contribution in [2.24, 2.45) is 0 Å². The molecule has 27 heavy (non-hydrogen) atoms. The monoisotopic (exact) mass is 396 g/mol. The average molecular weight is 396 g/mol. The molecule has 2 aromatic rings. The van der Waals surface area contributed by atoms with Crippen LogP contribution in [0.25, 0.3) is 0 Å². The molecule has 4 nitrogen and oxygen atoms in total. The van der Waals surface area contributed by atoms with Gasteiger partial charge in [0.2, 0.25) is 5.88 Å². The second-order valence-electron chi connectivity index (χ2n) is 6.09. The lowest BCUT2D eigenvalue weighted by atomic mass is 10.2. The molecule has 0 spiro atoms. The number of thioether (sulfide) groups is 1. The SMILES string of the molecule is CCSc1ccccc1C(=O)N1CCC(Oc2cc(C(F)(F)F)ccn2)C1. The zero-order valence-electron chi connectivity index (χ0n) is 14.7. The van der Waals surface area contributed by atoms with Crippen LogP contribution < -0.4 is 4.74 Å². The maximum absolute atomic E-state index is 12.8. The average Bonchev–Trinajstić information content (AvgIpc) is 3.10. The Balaban J connectivity index is 1.66. The number of ether oxygens (including phenoxy) is 1. The summed E-state index contributed by atoms with van der Waals surface area (Å²) < 4.78 is 44.0. The minimum absolute atomic E-state index is 0.0777. The molecule has 1 atom stereocenters. The second kappa shape index (κ2) is 8.21. The van der Waals surface area contributed by atoms with Crippen molar-refractivity contribution in [3.05, 3.63) is 53.7 Å². The smallest absolute Gasteiger partial charge is 0.416 e. The third-order valence-corrected chi connectivity index (χ3v) is 5.15. The summed E-state index contributed by atoms with van der Waals surface area (Å²) in [5, 5.41) is 0. The standard InChI is InChI=1S/C19H19F3N2O2S/c1-2-27-16-6-4-3-5-15(16)18(25)24-10-8-14(12-24)26-17-11-13(7-9-23-17)19(20,21)22/h3-7,9,11,14H,2,8,10,12H2,1H3. The molecule has 1 amide bonds. The molecule has 1 saturated heterocycles. The Morgan fingerprint density at radius 1 is 1.33 bits per heavy atom. The molecular weight excluding hydrogens is 377 g/mol. The van der Waals surface area contributed by atoms with Crippen LogP contribution in [0, 0.1) is 0 Å². The molecule has 1 fully saturated rings. The molecule has 0 bridgehead atoms. The molecule has 8 heteroatoms. The number of likely N-dealkylation sites (tertiary alicyclic amines) is 1. The zero-order valence-corrected chi connectivity index (χ0v) is 15.5. The van der Waals surface area contributed by atoms with Crippen molar-refractivity contribution in [3.63, 3.8) is 0 Å². The van der Waals surface area contributed by atoms with Crippen molar-refractivity contribution in [3.8, 4) is 5.88 Å². The van der Waals surface area contributed by atoms with Gasteiger partial charge in [-0.25, -0.2) is 4.98 Å². The zero-order chi connectivity index (χ0) is 19.4. The molecule has 0 radical (unpaired) electrons. The van der Waals surface area contributed by atoms with Gasteiger partial charge in [0.25, 0.3) is 5.91 Å². The second-order valence-corrected chi connectivity index (χ2v) is 7.40. The van der Waals surface area contributed by atoms with E-state index in [-0.39, 0.29) is 17.9 Å². The van der Waals surface area contributed by atoms with Crippen molar-refractivity contribution >= 4 is 17.7 Å². The van der Waals surface area contributed by atoms with Crippen LogP contribution in [0.4, 0.5) is 13.2 Å². The number of hydrogen-bond acceptors (Lipinski definition) is 4. The number of rotatable bonds is 5. The Morgan fingerprint density at radius 2 is 2.11 bits per heavy atom. The van der Waals surface area contributed by atoms with E-state index < -0.39 is 11.7 Å². The van der Waals surface area contributed by atoms with Gasteiger partial charge in [-0.1, -0.05) is 19.1 Å². The van der Waals surface area contributed by atoms with Crippen molar-refractivity contribution in [2.45, 2.75) is 30.5 Å². The summed E-state index contributed by atoms with van der Waals surface area (Å²) in [4.78, 5) is 19.3. The van der Waals surface area contributed by atoms with Gasteiger partial charge in [-0.05, 0) is 24.0 Å². The van der Waals surface area contributed by atoms with Gasteiger partial charge >= 0.3 is 6.18 Å². The Kier molecular flexibility index (Phi) is 5.94. The predicted octanol–water partition coefficient (Wildman–Crippen LogP) is 4.51. The van der Waals surface area contributed by atoms with Crippen LogP contribution in [0.15, 0.2) is 47.5 Å². The normalized spacial score (nSPS) is 17.2. The number of alkyl halides is 3. The highest BCUT2D eigenvalue weighted by Crippen LogP contribution is 2.31. The quantitative estimate of drug-likeness (QED) is 0.698. The van der Waals surface area contributed by atoms with Gasteiger partial charge in [0.05, 0.1) is 17.7 Å². The van der Waals surface area contributed by atoms with Crippen LogP contribution in [0.5, 0.6) is 5.88 Å². The van der Waals surface area contributed by atoms with Gasteiger partial charge in [-0.15, -0.1) is 11.8 Å². The van der Waals surface area contributed by atoms with E-state index in [1.165, 1.54) is 0 Å². The molecule has 0 saturated carbocycles. The highest BCUT2D eigenvalue weighted by atomic mass is 32.2. The van der Waals surface area contributed by atoms with E-state index in [2.05, 4.69) is 4.98 Å². The first-order valence-electron chi connectivity index (χ1n) is 8.59. The van der Waals surface area contributed by atoms with Crippen LogP contribution in [-0.2, 0) is 6.18 Å². The summed E-state index contributed by atoms with van der Waals surface area (Å²) in [7, 11) is 0. The summed E-state index contributed by atoms with van der Waals surface area (Å²) in [6.45, 7) is 2.84. The van der Waals surface area contributed by atoms with Crippen LogP contribution in [0.1, 0.15) is 29.3 Å². The molecule has 3 rings (SSSR count). The molecule has 0 N–H and O–H groups in total. The van der Waals surface area contributed by atoms with Crippen LogP contribution in [-0.4, -0.2) is 40.7 Å². The fourth-order valence-corrected chi connectivity index (χ4v) is 3.72. The van der Waals surface area contributed by atoms with E-state index in [1.54, 1.807) is 22.7 Å². The molecule has 2 heterocycles. The summed E-state index contributed by atoms with van der Waals surface area (Å²) in [6, 6.07) is 9.21. The molecule has 0 aliphatic carbocycles. The molecule has 1 unspecified atom stereocenters. The van der Waals surface area contributed by atoms with E-state index >= 15 is 0 Å². The number of halogens is 3. The Labute approximate surface area is 159 Å². The number of benzene rings is 1. The summed E-state index contributed by atoms with van der Waals surface area (Å²) >= 11 is 1.60. The predicted molar refractivity (Wildman–Crippen MR) is 97.0 cm³/mol. The minimum atomic E-state index is -4.45. The maximum atomic E-state index is 12.8. The van der Waals surface area contributed by atoms with Crippen molar-refractivity contribution in [2.75, 3.05) is 18.8 Å². The van der Waals surface area contributed by atoms with E-state index in [4.69, 9.17) is 4.74 Å². The number of pyridine rings is 1. The molecule has 144 valence electrons. The summed E-state index contributed by atoms with van der Waals surface area (Å²) in [5.41, 5.74) is -0.161. The number of carbonyl (C=O) groups is 1. The largest absolute Gasteiger partial charge is 0.472 e. The summed E-state index contributed by atoms with van der Waals surface area (Å²) in [6.07, 6.45) is -3.20. The number of hydrogen-bond donors (Lipinski definition) is 0. The van der Waals surface area contributed by atoms with Gasteiger partial charge in [0, 0.05) is 30.1 Å². The van der Waals surface area contributed by atoms with Crippen molar-refractivity contribution in [1.29, 1.82) is 0 Å². The number of nitrogens with zero attached hydrogens (tertiary/aromatic N) is 2. The lowest BCUT2D eigenvalue weighted by Gasteiger charge is -2.18. The fourth-order valence-electron chi connectivity index (χ4n) is 2.92. The lowest BCUT2D eigenvalue weighted by molar-refractivity contribution is -0.137. The Morgan fingerprint density at radius 3 is 2.85 bits per heavy atom. The summed E-state index contributed by atoms with van der Waals surface area (Å²) in [5.74, 6) is 0.692. The first kappa shape index (κ1) is 19.5. The first-order valence-corrected chi connectivity index (χ1v) is 9.58. The number of amides is 1. The van der Waals surface area contributed by atoms with Crippen molar-refractivity contribution in [1.82, 2.24) is 9.88 Å². The number of carbonyl (C=O) groups excluding carboxylic acids is 1. The van der Waals surface area contributed by atoms with E-state index in [9.17, 15) is 18.0 Å². The Hall–Kier alpha value is -2.22. The maximum Gasteiger partial charge on any atom is 0.416 e. The molecule has 1 aliphatic rings. The van der Waals surface area contributed by atoms with E-state index in [1.807, 2.05) is 25.1 Å². The molecule has 1 aromatic carbocycles. The van der Waals surface area contributed by atoms with Gasteiger partial charge in [0.15, 0.2) is 0 Å². The van der Waals surface area contributed by atoms with Crippen LogP contribution in [0.3, 0.4) is 0 Å². The lowest BCUT2D eigenvalue weighted by Crippen LogP contribution is -2.31. The van der Waals surface area contributed by atoms with Gasteiger partial charge < -0.3 is 9.64 Å². The highest BCUT2D eigenvalue weighted by molar-refractivity contribution is 7.99. The fraction of sp³-hybridized carbons (Fsp3) is 0.368. The van der Waals surface area contributed by atoms with Crippen molar-refractivity contribution < 1.29 is 22.7 Å². The third kappa shape index (κ3) is 4.74. The van der Waals surface area contributed by atoms with E-state index in [0.29, 0.717) is 25.1 Å². The first-order chi connectivity index (χ1) is 12.9. The minimum Gasteiger partial charge on any atom is -0.472 e. The molecule has 1 aromatic heterocycles. The van der Waals surface area contributed by atoms with Gasteiger partial charge in [-0.3, -0.25) is 4.79 Å². The topological polar surface area (TPSA) is 42.4 Å². The number of aromatic nitrogens is 1. The third-order valence-electron chi connectivity index (χ3n) is 4.20. The Bertz CT molecular complexity index is 814. The molecular formula is C19H19F3N2O2S. The van der Waals surface area contributed by atoms with Gasteiger partial charge in [-0.2, -0.15) is 13.2 Å². The van der Waals surface area contributed by atoms with E-state index in [0.717, 1.165) is 29.0 Å². The highest BCUT2D eigenvalue weighted by Gasteiger charge is 2.32. The van der Waals surface area contributed by atoms with Crippen LogP contribution >= 0.6 is 11.8 Å². The van der Waals surface area contributed by atoms with Gasteiger partial charge in [0.1, 0.15) is 6.10 Å². The van der Waals surface area contributed by atoms with Crippen LogP contribution in [0.2, 0.25) is 0 Å². The molecule has 1 aliphatic heterocycles.